The molecule has 0 saturated carbocycles. The summed E-state index contributed by atoms with van der Waals surface area (Å²) in [6, 6.07) is 3.92. The number of primary amides is 1. The maximum Gasteiger partial charge on any atom is 0.416 e. The number of alkyl halides is 3. The van der Waals surface area contributed by atoms with Gasteiger partial charge in [0.1, 0.15) is 0 Å². The van der Waals surface area contributed by atoms with Gasteiger partial charge in [0, 0.05) is 19.3 Å². The third-order valence-corrected chi connectivity index (χ3v) is 5.80. The van der Waals surface area contributed by atoms with Crippen LogP contribution in [0.2, 0.25) is 0 Å². The van der Waals surface area contributed by atoms with Gasteiger partial charge in [-0.1, -0.05) is 12.1 Å². The summed E-state index contributed by atoms with van der Waals surface area (Å²) in [5.74, 6) is -1.11. The molecule has 3 atom stereocenters. The van der Waals surface area contributed by atoms with Gasteiger partial charge < -0.3 is 16.0 Å². The lowest BCUT2D eigenvalue weighted by molar-refractivity contribution is -0.137. The van der Waals surface area contributed by atoms with Crippen molar-refractivity contribution in [1.82, 2.24) is 10.2 Å². The van der Waals surface area contributed by atoms with Crippen molar-refractivity contribution in [3.63, 3.8) is 0 Å². The monoisotopic (exact) mass is 411 g/mol. The number of hydrogen-bond donors (Lipinski definition) is 2. The predicted molar refractivity (Wildman–Crippen MR) is 98.3 cm³/mol. The number of nitrogens with one attached hydrogen (secondary N) is 1. The highest BCUT2D eigenvalue weighted by Crippen LogP contribution is 2.46. The van der Waals surface area contributed by atoms with E-state index in [-0.39, 0.29) is 30.7 Å². The molecule has 3 amide bonds. The fourth-order valence-corrected chi connectivity index (χ4v) is 4.50. The molecule has 29 heavy (non-hydrogen) atoms. The number of likely N-dealkylation sites (tertiary alicyclic amines) is 1. The van der Waals surface area contributed by atoms with Gasteiger partial charge in [0.15, 0.2) is 0 Å². The number of amides is 3. The number of nitrogens with two attached hydrogens (primary N) is 1. The second-order valence-electron chi connectivity index (χ2n) is 7.98. The van der Waals surface area contributed by atoms with Gasteiger partial charge in [-0.15, -0.1) is 0 Å². The summed E-state index contributed by atoms with van der Waals surface area (Å²) in [7, 11) is 0. The van der Waals surface area contributed by atoms with E-state index >= 15 is 0 Å². The van der Waals surface area contributed by atoms with Crippen molar-refractivity contribution < 1.29 is 27.6 Å². The van der Waals surface area contributed by atoms with E-state index in [0.29, 0.717) is 31.2 Å². The highest BCUT2D eigenvalue weighted by molar-refractivity contribution is 5.84. The zero-order chi connectivity index (χ0) is 21.4. The molecule has 6 nitrogen and oxygen atoms in total. The van der Waals surface area contributed by atoms with Crippen molar-refractivity contribution in [2.24, 2.45) is 5.73 Å². The third-order valence-electron chi connectivity index (χ3n) is 5.80. The van der Waals surface area contributed by atoms with Crippen LogP contribution in [-0.2, 0) is 20.6 Å². The van der Waals surface area contributed by atoms with Crippen molar-refractivity contribution in [3.05, 3.63) is 35.4 Å². The lowest BCUT2D eigenvalue weighted by atomic mass is 9.88. The van der Waals surface area contributed by atoms with Gasteiger partial charge in [0.2, 0.25) is 17.7 Å². The first-order valence-corrected chi connectivity index (χ1v) is 9.59. The van der Waals surface area contributed by atoms with Gasteiger partial charge in [-0.3, -0.25) is 14.4 Å². The van der Waals surface area contributed by atoms with Crippen molar-refractivity contribution in [1.29, 1.82) is 0 Å². The standard InChI is InChI=1S/C20H24F3N3O3/c1-19-11-14(12-4-2-5-13(10-12)20(21,22)23)26(18(29)9-8-16(24)27)15(19)6-3-7-17(28)25-19/h2,4-5,10,14-15H,3,6-9,11H2,1H3,(H2,24,27)(H,25,28)/t14-,15-,19-/m0/s1. The average molecular weight is 411 g/mol. The minimum Gasteiger partial charge on any atom is -0.370 e. The van der Waals surface area contributed by atoms with Crippen LogP contribution in [0.4, 0.5) is 13.2 Å². The van der Waals surface area contributed by atoms with Gasteiger partial charge in [0.25, 0.3) is 0 Å². The summed E-state index contributed by atoms with van der Waals surface area (Å²) in [5.41, 5.74) is 3.97. The molecule has 158 valence electrons. The Morgan fingerprint density at radius 2 is 2.03 bits per heavy atom. The SMILES string of the molecule is C[C@]12C[C@@H](c3cccc(C(F)(F)F)c3)N(C(=O)CCC(N)=O)[C@H]1CCCC(=O)N2. The number of hydrogen-bond acceptors (Lipinski definition) is 3. The molecule has 1 aromatic carbocycles. The van der Waals surface area contributed by atoms with Crippen LogP contribution >= 0.6 is 0 Å². The number of rotatable bonds is 4. The van der Waals surface area contributed by atoms with Gasteiger partial charge in [0.05, 0.1) is 23.2 Å². The number of carbonyl (C=O) groups excluding carboxylic acids is 3. The van der Waals surface area contributed by atoms with Crippen LogP contribution < -0.4 is 11.1 Å². The summed E-state index contributed by atoms with van der Waals surface area (Å²) < 4.78 is 39.6. The molecule has 2 fully saturated rings. The van der Waals surface area contributed by atoms with E-state index in [9.17, 15) is 27.6 Å². The Morgan fingerprint density at radius 3 is 2.69 bits per heavy atom. The molecule has 9 heteroatoms. The molecule has 0 aromatic heterocycles. The number of fused-ring (bicyclic) bond motifs is 1. The smallest absolute Gasteiger partial charge is 0.370 e. The normalized spacial score (nSPS) is 27.2. The third kappa shape index (κ3) is 4.38. The molecular weight excluding hydrogens is 387 g/mol. The van der Waals surface area contributed by atoms with E-state index in [1.54, 1.807) is 11.0 Å². The molecule has 2 aliphatic heterocycles. The Hall–Kier alpha value is -2.58. The molecule has 2 saturated heterocycles. The molecule has 3 rings (SSSR count). The lowest BCUT2D eigenvalue weighted by Crippen LogP contribution is -2.54. The lowest BCUT2D eigenvalue weighted by Gasteiger charge is -2.35. The Bertz CT molecular complexity index is 827. The van der Waals surface area contributed by atoms with E-state index in [1.165, 1.54) is 6.07 Å². The zero-order valence-corrected chi connectivity index (χ0v) is 16.1. The molecule has 1 aromatic rings. The van der Waals surface area contributed by atoms with Crippen LogP contribution in [-0.4, -0.2) is 34.2 Å². The summed E-state index contributed by atoms with van der Waals surface area (Å²) in [6.07, 6.45) is -3.01. The van der Waals surface area contributed by atoms with Gasteiger partial charge in [-0.05, 0) is 43.9 Å². The van der Waals surface area contributed by atoms with E-state index < -0.39 is 29.2 Å². The van der Waals surface area contributed by atoms with Crippen LogP contribution in [0, 0.1) is 0 Å². The first-order valence-electron chi connectivity index (χ1n) is 9.59. The van der Waals surface area contributed by atoms with Gasteiger partial charge >= 0.3 is 6.18 Å². The van der Waals surface area contributed by atoms with Crippen LogP contribution in [0.25, 0.3) is 0 Å². The van der Waals surface area contributed by atoms with E-state index in [0.717, 1.165) is 12.1 Å². The number of halogens is 3. The number of carbonyl (C=O) groups is 3. The molecule has 0 aliphatic carbocycles. The van der Waals surface area contributed by atoms with Crippen LogP contribution in [0.15, 0.2) is 24.3 Å². The molecule has 0 unspecified atom stereocenters. The van der Waals surface area contributed by atoms with E-state index in [1.807, 2.05) is 6.92 Å². The van der Waals surface area contributed by atoms with Crippen molar-refractivity contribution in [2.45, 2.75) is 69.2 Å². The highest BCUT2D eigenvalue weighted by atomic mass is 19.4. The van der Waals surface area contributed by atoms with E-state index in [4.69, 9.17) is 5.73 Å². The van der Waals surface area contributed by atoms with Gasteiger partial charge in [-0.2, -0.15) is 13.2 Å². The second kappa shape index (κ2) is 7.68. The maximum absolute atomic E-state index is 13.2. The minimum atomic E-state index is -4.50. The Kier molecular flexibility index (Phi) is 5.60. The molecule has 0 radical (unpaired) electrons. The summed E-state index contributed by atoms with van der Waals surface area (Å²) >= 11 is 0. The Labute approximate surface area is 166 Å². The predicted octanol–water partition coefficient (Wildman–Crippen LogP) is 2.67. The maximum atomic E-state index is 13.2. The number of nitrogens with zero attached hydrogens (tertiary/aromatic N) is 1. The minimum absolute atomic E-state index is 0.120. The van der Waals surface area contributed by atoms with Crippen LogP contribution in [0.5, 0.6) is 0 Å². The van der Waals surface area contributed by atoms with Crippen molar-refractivity contribution in [3.8, 4) is 0 Å². The second-order valence-corrected chi connectivity index (χ2v) is 7.98. The number of benzene rings is 1. The quantitative estimate of drug-likeness (QED) is 0.798. The molecule has 2 aliphatic rings. The first kappa shape index (κ1) is 21.1. The summed E-state index contributed by atoms with van der Waals surface area (Å²) in [5, 5.41) is 2.96. The highest BCUT2D eigenvalue weighted by Gasteiger charge is 2.52. The van der Waals surface area contributed by atoms with Gasteiger partial charge in [-0.25, -0.2) is 0 Å². The molecule has 2 heterocycles. The zero-order valence-electron chi connectivity index (χ0n) is 16.1. The van der Waals surface area contributed by atoms with Crippen LogP contribution in [0.3, 0.4) is 0 Å². The van der Waals surface area contributed by atoms with Crippen molar-refractivity contribution in [2.75, 3.05) is 0 Å². The molecule has 0 bridgehead atoms. The Balaban J connectivity index is 2.00. The fraction of sp³-hybridized carbons (Fsp3) is 0.550. The average Bonchev–Trinajstić information content (AvgIpc) is 2.82. The molecule has 3 N–H and O–H groups in total. The summed E-state index contributed by atoms with van der Waals surface area (Å²) in [4.78, 5) is 37.8. The fourth-order valence-electron chi connectivity index (χ4n) is 4.50. The van der Waals surface area contributed by atoms with E-state index in [2.05, 4.69) is 5.32 Å². The molecule has 0 spiro atoms. The van der Waals surface area contributed by atoms with Crippen molar-refractivity contribution >= 4 is 17.7 Å². The Morgan fingerprint density at radius 1 is 1.31 bits per heavy atom. The topological polar surface area (TPSA) is 92.5 Å². The largest absolute Gasteiger partial charge is 0.416 e. The van der Waals surface area contributed by atoms with Crippen LogP contribution in [0.1, 0.15) is 62.6 Å². The summed E-state index contributed by atoms with van der Waals surface area (Å²) in [6.45, 7) is 1.82. The molecular formula is C20H24F3N3O3. The first-order chi connectivity index (χ1) is 13.5.